The molecule has 0 heterocycles. The normalized spacial score (nSPS) is 12.5. The van der Waals surface area contributed by atoms with Crippen molar-refractivity contribution in [3.05, 3.63) is 34.4 Å². The molecule has 0 bridgehead atoms. The predicted octanol–water partition coefficient (Wildman–Crippen LogP) is 1.13. The van der Waals surface area contributed by atoms with E-state index in [1.54, 1.807) is 0 Å². The Bertz CT molecular complexity index is 727. The van der Waals surface area contributed by atoms with E-state index in [0.29, 0.717) is 12.3 Å². The standard InChI is InChI=1S/C15H24N4O5S.ClH/c1-11(2)7-12(9-16)17-15(20)10-18(3)25(23,24)14-6-4-5-13(8-14)19(21)22;/h4-6,8,11-12H,7,9-10,16H2,1-3H3,(H,17,20);1H. The Morgan fingerprint density at radius 3 is 2.50 bits per heavy atom. The summed E-state index contributed by atoms with van der Waals surface area (Å²) in [6.07, 6.45) is 0.684. The average Bonchev–Trinajstić information content (AvgIpc) is 2.53. The number of amides is 1. The van der Waals surface area contributed by atoms with Crippen LogP contribution in [0.15, 0.2) is 29.2 Å². The summed E-state index contributed by atoms with van der Waals surface area (Å²) < 4.78 is 25.8. The molecule has 0 fully saturated rings. The Hall–Kier alpha value is -1.75. The number of benzene rings is 1. The van der Waals surface area contributed by atoms with Gasteiger partial charge in [0.05, 0.1) is 16.4 Å². The second-order valence-electron chi connectivity index (χ2n) is 6.15. The predicted molar refractivity (Wildman–Crippen MR) is 101 cm³/mol. The molecular weight excluding hydrogens is 384 g/mol. The Labute approximate surface area is 159 Å². The average molecular weight is 409 g/mol. The lowest BCUT2D eigenvalue weighted by molar-refractivity contribution is -0.385. The molecule has 0 saturated heterocycles. The van der Waals surface area contributed by atoms with Crippen molar-refractivity contribution in [2.75, 3.05) is 20.1 Å². The van der Waals surface area contributed by atoms with E-state index in [1.807, 2.05) is 13.8 Å². The third-order valence-corrected chi connectivity index (χ3v) is 5.31. The van der Waals surface area contributed by atoms with Crippen LogP contribution in [-0.4, -0.2) is 49.7 Å². The number of hydrogen-bond donors (Lipinski definition) is 2. The zero-order chi connectivity index (χ0) is 19.2. The number of sulfonamides is 1. The minimum atomic E-state index is -4.02. The van der Waals surface area contributed by atoms with Gasteiger partial charge in [0.1, 0.15) is 0 Å². The molecule has 0 aliphatic heterocycles. The highest BCUT2D eigenvalue weighted by molar-refractivity contribution is 7.89. The first kappa shape index (κ1) is 24.2. The zero-order valence-corrected chi connectivity index (χ0v) is 16.5. The number of likely N-dealkylation sites (N-methyl/N-ethyl adjacent to an activating group) is 1. The molecule has 1 aromatic rings. The van der Waals surface area contributed by atoms with Crippen molar-refractivity contribution in [1.29, 1.82) is 0 Å². The number of carbonyl (C=O) groups is 1. The Balaban J connectivity index is 0.00000625. The maximum atomic E-state index is 12.5. The van der Waals surface area contributed by atoms with E-state index in [-0.39, 0.29) is 35.6 Å². The quantitative estimate of drug-likeness (QED) is 0.464. The fraction of sp³-hybridized carbons (Fsp3) is 0.533. The van der Waals surface area contributed by atoms with E-state index >= 15 is 0 Å². The van der Waals surface area contributed by atoms with Crippen LogP contribution in [0.1, 0.15) is 20.3 Å². The molecule has 1 aromatic carbocycles. The summed E-state index contributed by atoms with van der Waals surface area (Å²) >= 11 is 0. The molecule has 11 heteroatoms. The van der Waals surface area contributed by atoms with Crippen LogP contribution >= 0.6 is 12.4 Å². The first-order chi connectivity index (χ1) is 11.6. The van der Waals surface area contributed by atoms with Crippen LogP contribution in [-0.2, 0) is 14.8 Å². The van der Waals surface area contributed by atoms with E-state index in [4.69, 9.17) is 5.73 Å². The fourth-order valence-corrected chi connectivity index (χ4v) is 3.45. The van der Waals surface area contributed by atoms with Crippen LogP contribution in [0.3, 0.4) is 0 Å². The molecule has 0 aromatic heterocycles. The molecule has 1 rings (SSSR count). The molecule has 148 valence electrons. The van der Waals surface area contributed by atoms with Gasteiger partial charge >= 0.3 is 0 Å². The topological polar surface area (TPSA) is 136 Å². The number of nitrogens with one attached hydrogen (secondary N) is 1. The van der Waals surface area contributed by atoms with Crippen molar-refractivity contribution >= 4 is 34.0 Å². The molecule has 0 aliphatic rings. The molecule has 26 heavy (non-hydrogen) atoms. The third kappa shape index (κ3) is 6.87. The molecular formula is C15H25ClN4O5S. The molecule has 0 radical (unpaired) electrons. The third-order valence-electron chi connectivity index (χ3n) is 3.51. The second-order valence-corrected chi connectivity index (χ2v) is 8.19. The maximum absolute atomic E-state index is 12.5. The molecule has 1 unspecified atom stereocenters. The monoisotopic (exact) mass is 408 g/mol. The molecule has 1 atom stereocenters. The van der Waals surface area contributed by atoms with Crippen molar-refractivity contribution in [2.45, 2.75) is 31.2 Å². The summed E-state index contributed by atoms with van der Waals surface area (Å²) in [6.45, 7) is 3.84. The van der Waals surface area contributed by atoms with Crippen LogP contribution < -0.4 is 11.1 Å². The van der Waals surface area contributed by atoms with Gasteiger partial charge < -0.3 is 11.1 Å². The molecule has 0 spiro atoms. The van der Waals surface area contributed by atoms with Crippen LogP contribution in [0.2, 0.25) is 0 Å². The van der Waals surface area contributed by atoms with Gasteiger partial charge in [-0.1, -0.05) is 19.9 Å². The van der Waals surface area contributed by atoms with Gasteiger partial charge in [-0.15, -0.1) is 12.4 Å². The van der Waals surface area contributed by atoms with E-state index in [2.05, 4.69) is 5.32 Å². The van der Waals surface area contributed by atoms with Crippen LogP contribution in [0, 0.1) is 16.0 Å². The van der Waals surface area contributed by atoms with Gasteiger partial charge in [0.2, 0.25) is 15.9 Å². The lowest BCUT2D eigenvalue weighted by Crippen LogP contribution is -2.46. The number of nitrogens with zero attached hydrogens (tertiary/aromatic N) is 2. The summed E-state index contributed by atoms with van der Waals surface area (Å²) in [5.74, 6) is -0.146. The van der Waals surface area contributed by atoms with Gasteiger partial charge in [0, 0.05) is 31.8 Å². The van der Waals surface area contributed by atoms with Crippen molar-refractivity contribution in [1.82, 2.24) is 9.62 Å². The van der Waals surface area contributed by atoms with E-state index in [0.717, 1.165) is 10.4 Å². The lowest BCUT2D eigenvalue weighted by Gasteiger charge is -2.21. The molecule has 0 aliphatic carbocycles. The highest BCUT2D eigenvalue weighted by Crippen LogP contribution is 2.20. The number of halogens is 1. The number of nitrogens with two attached hydrogens (primary N) is 1. The number of rotatable bonds is 9. The van der Waals surface area contributed by atoms with Crippen LogP contribution in [0.4, 0.5) is 5.69 Å². The Kier molecular flexibility index (Phi) is 9.71. The smallest absolute Gasteiger partial charge is 0.270 e. The molecule has 3 N–H and O–H groups in total. The van der Waals surface area contributed by atoms with Gasteiger partial charge in [0.15, 0.2) is 0 Å². The van der Waals surface area contributed by atoms with Gasteiger partial charge in [-0.2, -0.15) is 4.31 Å². The highest BCUT2D eigenvalue weighted by Gasteiger charge is 2.25. The number of hydrogen-bond acceptors (Lipinski definition) is 6. The summed E-state index contributed by atoms with van der Waals surface area (Å²) in [6, 6.07) is 4.46. The number of carbonyl (C=O) groups excluding carboxylic acids is 1. The summed E-state index contributed by atoms with van der Waals surface area (Å²) in [5, 5.41) is 13.5. The van der Waals surface area contributed by atoms with E-state index < -0.39 is 27.4 Å². The van der Waals surface area contributed by atoms with Crippen molar-refractivity contribution in [2.24, 2.45) is 11.7 Å². The Morgan fingerprint density at radius 2 is 2.00 bits per heavy atom. The largest absolute Gasteiger partial charge is 0.351 e. The first-order valence-electron chi connectivity index (χ1n) is 7.78. The van der Waals surface area contributed by atoms with Gasteiger partial charge in [-0.25, -0.2) is 8.42 Å². The number of nitro groups is 1. The van der Waals surface area contributed by atoms with Crippen molar-refractivity contribution < 1.29 is 18.1 Å². The minimum Gasteiger partial charge on any atom is -0.351 e. The van der Waals surface area contributed by atoms with Crippen molar-refractivity contribution in [3.8, 4) is 0 Å². The number of non-ortho nitro benzene ring substituents is 1. The molecule has 1 amide bonds. The summed E-state index contributed by atoms with van der Waals surface area (Å²) in [4.78, 5) is 21.9. The number of nitro benzene ring substituents is 1. The highest BCUT2D eigenvalue weighted by atomic mass is 35.5. The second kappa shape index (κ2) is 10.4. The van der Waals surface area contributed by atoms with Crippen molar-refractivity contribution in [3.63, 3.8) is 0 Å². The molecule has 9 nitrogen and oxygen atoms in total. The van der Waals surface area contributed by atoms with Gasteiger partial charge in [0.25, 0.3) is 5.69 Å². The van der Waals surface area contributed by atoms with E-state index in [9.17, 15) is 23.3 Å². The maximum Gasteiger partial charge on any atom is 0.270 e. The Morgan fingerprint density at radius 1 is 1.38 bits per heavy atom. The summed E-state index contributed by atoms with van der Waals surface area (Å²) in [7, 11) is -2.78. The SMILES string of the molecule is CC(C)CC(CN)NC(=O)CN(C)S(=O)(=O)c1cccc([N+](=O)[O-])c1.Cl. The zero-order valence-electron chi connectivity index (χ0n) is 14.9. The molecule has 0 saturated carbocycles. The van der Waals surface area contributed by atoms with E-state index in [1.165, 1.54) is 25.2 Å². The fourth-order valence-electron chi connectivity index (χ4n) is 2.28. The minimum absolute atomic E-state index is 0. The van der Waals surface area contributed by atoms with Crippen LogP contribution in [0.5, 0.6) is 0 Å². The van der Waals surface area contributed by atoms with Crippen LogP contribution in [0.25, 0.3) is 0 Å². The summed E-state index contributed by atoms with van der Waals surface area (Å²) in [5.41, 5.74) is 5.28. The van der Waals surface area contributed by atoms with Gasteiger partial charge in [-0.3, -0.25) is 14.9 Å². The van der Waals surface area contributed by atoms with Gasteiger partial charge in [-0.05, 0) is 18.4 Å². The first-order valence-corrected chi connectivity index (χ1v) is 9.22. The lowest BCUT2D eigenvalue weighted by atomic mass is 10.0.